The molecule has 130 valence electrons. The van der Waals surface area contributed by atoms with Crippen LogP contribution in [0.25, 0.3) is 0 Å². The minimum atomic E-state index is -0.366. The number of nitrogens with two attached hydrogens (primary N) is 1. The highest BCUT2D eigenvalue weighted by Crippen LogP contribution is 2.22. The number of aryl methyl sites for hydroxylation is 1. The van der Waals surface area contributed by atoms with Crippen LogP contribution in [0, 0.1) is 6.92 Å². The van der Waals surface area contributed by atoms with Gasteiger partial charge in [-0.25, -0.2) is 0 Å². The molecule has 2 amide bonds. The largest absolute Gasteiger partial charge is 0.469 e. The summed E-state index contributed by atoms with van der Waals surface area (Å²) >= 11 is 5.97. The van der Waals surface area contributed by atoms with E-state index < -0.39 is 0 Å². The van der Waals surface area contributed by atoms with Gasteiger partial charge in [-0.05, 0) is 44.2 Å². The third kappa shape index (κ3) is 4.99. The van der Waals surface area contributed by atoms with Crippen molar-refractivity contribution >= 4 is 41.5 Å². The Kier molecular flexibility index (Phi) is 7.78. The molecule has 2 rings (SSSR count). The standard InChI is InChI=1S/C16H18ClN3O3.ClH/c1-10-12(5-8-23-10)16(22)20-14-9-11(17)3-4-13(14)15(21)19-7-2-6-18;/h3-5,8-9H,2,6-7,18H2,1H3,(H,19,21)(H,20,22);1H. The Morgan fingerprint density at radius 3 is 2.58 bits per heavy atom. The average Bonchev–Trinajstić information content (AvgIpc) is 2.93. The van der Waals surface area contributed by atoms with Gasteiger partial charge in [-0.15, -0.1) is 12.4 Å². The lowest BCUT2D eigenvalue weighted by molar-refractivity contribution is 0.0954. The number of nitrogens with one attached hydrogen (secondary N) is 2. The fraction of sp³-hybridized carbons (Fsp3) is 0.250. The van der Waals surface area contributed by atoms with Crippen molar-refractivity contribution in [2.45, 2.75) is 13.3 Å². The normalized spacial score (nSPS) is 9.96. The molecule has 0 fully saturated rings. The van der Waals surface area contributed by atoms with E-state index in [0.717, 1.165) is 0 Å². The number of rotatable bonds is 6. The maximum absolute atomic E-state index is 12.3. The van der Waals surface area contributed by atoms with E-state index in [4.69, 9.17) is 21.8 Å². The first-order valence-electron chi connectivity index (χ1n) is 7.16. The highest BCUT2D eigenvalue weighted by molar-refractivity contribution is 6.31. The van der Waals surface area contributed by atoms with Crippen LogP contribution in [0.15, 0.2) is 34.9 Å². The molecule has 0 aliphatic heterocycles. The first kappa shape index (κ1) is 20.0. The van der Waals surface area contributed by atoms with Crippen LogP contribution in [0.5, 0.6) is 0 Å². The number of halogens is 2. The minimum absolute atomic E-state index is 0. The van der Waals surface area contributed by atoms with E-state index in [2.05, 4.69) is 10.6 Å². The van der Waals surface area contributed by atoms with E-state index in [0.29, 0.717) is 47.1 Å². The van der Waals surface area contributed by atoms with Crippen molar-refractivity contribution in [2.75, 3.05) is 18.4 Å². The minimum Gasteiger partial charge on any atom is -0.469 e. The summed E-state index contributed by atoms with van der Waals surface area (Å²) in [6, 6.07) is 6.26. The molecule has 4 N–H and O–H groups in total. The summed E-state index contributed by atoms with van der Waals surface area (Å²) in [6.07, 6.45) is 2.11. The Labute approximate surface area is 151 Å². The molecule has 6 nitrogen and oxygen atoms in total. The molecule has 1 aromatic carbocycles. The summed E-state index contributed by atoms with van der Waals surface area (Å²) in [6.45, 7) is 2.64. The van der Waals surface area contributed by atoms with Crippen molar-refractivity contribution in [3.63, 3.8) is 0 Å². The van der Waals surface area contributed by atoms with E-state index in [9.17, 15) is 9.59 Å². The van der Waals surface area contributed by atoms with Gasteiger partial charge in [0.05, 0.1) is 23.1 Å². The second kappa shape index (κ2) is 9.32. The third-order valence-electron chi connectivity index (χ3n) is 3.24. The fourth-order valence-electron chi connectivity index (χ4n) is 2.03. The fourth-order valence-corrected chi connectivity index (χ4v) is 2.20. The topological polar surface area (TPSA) is 97.4 Å². The molecule has 0 aliphatic carbocycles. The van der Waals surface area contributed by atoms with Crippen LogP contribution in [0.3, 0.4) is 0 Å². The maximum Gasteiger partial charge on any atom is 0.259 e. The number of amides is 2. The Morgan fingerprint density at radius 2 is 1.96 bits per heavy atom. The molecule has 0 unspecified atom stereocenters. The maximum atomic E-state index is 12.3. The van der Waals surface area contributed by atoms with Gasteiger partial charge in [0.2, 0.25) is 0 Å². The number of furan rings is 1. The van der Waals surface area contributed by atoms with Gasteiger partial charge in [0.15, 0.2) is 0 Å². The van der Waals surface area contributed by atoms with Gasteiger partial charge < -0.3 is 20.8 Å². The van der Waals surface area contributed by atoms with E-state index in [-0.39, 0.29) is 24.2 Å². The third-order valence-corrected chi connectivity index (χ3v) is 3.48. The van der Waals surface area contributed by atoms with Crippen LogP contribution in [-0.2, 0) is 0 Å². The average molecular weight is 372 g/mol. The van der Waals surface area contributed by atoms with E-state index >= 15 is 0 Å². The van der Waals surface area contributed by atoms with E-state index in [1.54, 1.807) is 25.1 Å². The number of hydrogen-bond donors (Lipinski definition) is 3. The van der Waals surface area contributed by atoms with E-state index in [1.807, 2.05) is 0 Å². The molecule has 2 aromatic rings. The molecule has 0 saturated heterocycles. The zero-order valence-electron chi connectivity index (χ0n) is 13.1. The number of benzene rings is 1. The van der Waals surface area contributed by atoms with Crippen molar-refractivity contribution in [1.29, 1.82) is 0 Å². The molecular weight excluding hydrogens is 353 g/mol. The number of carbonyl (C=O) groups is 2. The molecule has 0 atom stereocenters. The van der Waals surface area contributed by atoms with Crippen LogP contribution in [0.2, 0.25) is 5.02 Å². The van der Waals surface area contributed by atoms with Crippen LogP contribution in [0.4, 0.5) is 5.69 Å². The van der Waals surface area contributed by atoms with Gasteiger partial charge >= 0.3 is 0 Å². The lowest BCUT2D eigenvalue weighted by Gasteiger charge is -2.12. The highest BCUT2D eigenvalue weighted by Gasteiger charge is 2.17. The summed E-state index contributed by atoms with van der Waals surface area (Å²) in [5.41, 5.74) is 6.48. The summed E-state index contributed by atoms with van der Waals surface area (Å²) in [5.74, 6) is -0.165. The monoisotopic (exact) mass is 371 g/mol. The molecule has 0 spiro atoms. The van der Waals surface area contributed by atoms with Crippen molar-refractivity contribution in [2.24, 2.45) is 5.73 Å². The Hall–Kier alpha value is -2.02. The first-order chi connectivity index (χ1) is 11.0. The van der Waals surface area contributed by atoms with Gasteiger partial charge in [-0.1, -0.05) is 11.6 Å². The molecule has 8 heteroatoms. The molecule has 1 heterocycles. The van der Waals surface area contributed by atoms with Gasteiger partial charge in [-0.2, -0.15) is 0 Å². The van der Waals surface area contributed by atoms with Crippen molar-refractivity contribution in [3.8, 4) is 0 Å². The molecular formula is C16H19Cl2N3O3. The molecule has 0 aliphatic rings. The zero-order chi connectivity index (χ0) is 16.8. The van der Waals surface area contributed by atoms with Gasteiger partial charge in [0, 0.05) is 11.6 Å². The molecule has 24 heavy (non-hydrogen) atoms. The molecule has 1 aromatic heterocycles. The van der Waals surface area contributed by atoms with Gasteiger partial charge in [0.1, 0.15) is 5.76 Å². The van der Waals surface area contributed by atoms with Crippen molar-refractivity contribution < 1.29 is 14.0 Å². The lowest BCUT2D eigenvalue weighted by atomic mass is 10.1. The lowest BCUT2D eigenvalue weighted by Crippen LogP contribution is -2.27. The number of hydrogen-bond acceptors (Lipinski definition) is 4. The van der Waals surface area contributed by atoms with Gasteiger partial charge in [0.25, 0.3) is 11.8 Å². The van der Waals surface area contributed by atoms with Gasteiger partial charge in [-0.3, -0.25) is 9.59 Å². The molecule has 0 saturated carbocycles. The Bertz CT molecular complexity index is 716. The smallest absolute Gasteiger partial charge is 0.259 e. The predicted molar refractivity (Wildman–Crippen MR) is 96.1 cm³/mol. The summed E-state index contributed by atoms with van der Waals surface area (Å²) in [5, 5.41) is 5.86. The Balaban J connectivity index is 0.00000288. The highest BCUT2D eigenvalue weighted by atomic mass is 35.5. The number of carbonyl (C=O) groups excluding carboxylic acids is 2. The van der Waals surface area contributed by atoms with E-state index in [1.165, 1.54) is 12.3 Å². The second-order valence-electron chi connectivity index (χ2n) is 4.93. The van der Waals surface area contributed by atoms with Crippen LogP contribution in [0.1, 0.15) is 32.9 Å². The predicted octanol–water partition coefficient (Wildman–Crippen LogP) is 2.99. The number of anilines is 1. The van der Waals surface area contributed by atoms with Crippen LogP contribution < -0.4 is 16.4 Å². The Morgan fingerprint density at radius 1 is 1.21 bits per heavy atom. The molecule has 0 radical (unpaired) electrons. The zero-order valence-corrected chi connectivity index (χ0v) is 14.7. The van der Waals surface area contributed by atoms with Crippen molar-refractivity contribution in [3.05, 3.63) is 52.4 Å². The SMILES string of the molecule is Cc1occc1C(=O)Nc1cc(Cl)ccc1C(=O)NCCCN.Cl. The van der Waals surface area contributed by atoms with Crippen LogP contribution in [-0.4, -0.2) is 24.9 Å². The van der Waals surface area contributed by atoms with Crippen LogP contribution >= 0.6 is 24.0 Å². The summed E-state index contributed by atoms with van der Waals surface area (Å²) in [4.78, 5) is 24.5. The quantitative estimate of drug-likeness (QED) is 0.679. The molecule has 0 bridgehead atoms. The second-order valence-corrected chi connectivity index (χ2v) is 5.37. The summed E-state index contributed by atoms with van der Waals surface area (Å²) < 4.78 is 5.11. The first-order valence-corrected chi connectivity index (χ1v) is 7.54. The summed E-state index contributed by atoms with van der Waals surface area (Å²) in [7, 11) is 0. The van der Waals surface area contributed by atoms with Crippen molar-refractivity contribution in [1.82, 2.24) is 5.32 Å².